The number of fused-ring (bicyclic) bond motifs is 2. The van der Waals surface area contributed by atoms with Crippen LogP contribution in [0, 0.1) is 5.82 Å². The highest BCUT2D eigenvalue weighted by atomic mass is 19.1. The number of carbonyl (C=O) groups excluding carboxylic acids is 1. The number of halogens is 1. The highest BCUT2D eigenvalue weighted by Crippen LogP contribution is 2.27. The van der Waals surface area contributed by atoms with Gasteiger partial charge in [-0.15, -0.1) is 0 Å². The van der Waals surface area contributed by atoms with Gasteiger partial charge in [-0.05, 0) is 55.3 Å². The molecule has 0 unspecified atom stereocenters. The number of ketones is 1. The number of aryl methyl sites for hydroxylation is 1. The van der Waals surface area contributed by atoms with Gasteiger partial charge in [0.15, 0.2) is 5.78 Å². The monoisotopic (exact) mass is 386 g/mol. The zero-order chi connectivity index (χ0) is 19.8. The average molecular weight is 386 g/mol. The van der Waals surface area contributed by atoms with Gasteiger partial charge < -0.3 is 4.57 Å². The molecule has 0 fully saturated rings. The van der Waals surface area contributed by atoms with E-state index in [0.29, 0.717) is 11.3 Å². The average Bonchev–Trinajstić information content (AvgIpc) is 3.18. The van der Waals surface area contributed by atoms with Crippen molar-refractivity contribution >= 4 is 16.7 Å². The minimum Gasteiger partial charge on any atom is -0.328 e. The molecule has 4 aromatic rings. The van der Waals surface area contributed by atoms with E-state index in [1.54, 1.807) is 0 Å². The Morgan fingerprint density at radius 2 is 1.90 bits per heavy atom. The fourth-order valence-corrected chi connectivity index (χ4v) is 3.88. The van der Waals surface area contributed by atoms with Gasteiger partial charge in [0.25, 0.3) is 0 Å². The van der Waals surface area contributed by atoms with Crippen molar-refractivity contribution in [3.63, 3.8) is 0 Å². The third-order valence-corrected chi connectivity index (χ3v) is 5.41. The Balaban J connectivity index is 1.46. The van der Waals surface area contributed by atoms with E-state index in [0.717, 1.165) is 41.0 Å². The van der Waals surface area contributed by atoms with Crippen molar-refractivity contribution < 1.29 is 9.18 Å². The van der Waals surface area contributed by atoms with E-state index < -0.39 is 0 Å². The normalized spacial score (nSPS) is 13.4. The summed E-state index contributed by atoms with van der Waals surface area (Å²) in [6.45, 7) is 0.995. The van der Waals surface area contributed by atoms with E-state index in [-0.39, 0.29) is 18.0 Å². The molecule has 0 N–H and O–H groups in total. The molecule has 0 radical (unpaired) electrons. The van der Waals surface area contributed by atoms with Gasteiger partial charge in [0.05, 0.1) is 29.5 Å². The molecule has 1 aliphatic heterocycles. The fourth-order valence-electron chi connectivity index (χ4n) is 3.88. The fraction of sp³-hybridized carbons (Fsp3) is 0.217. The second-order valence-electron chi connectivity index (χ2n) is 7.38. The molecule has 0 atom stereocenters. The van der Waals surface area contributed by atoms with E-state index in [2.05, 4.69) is 25.8 Å². The largest absolute Gasteiger partial charge is 0.328 e. The number of carbonyl (C=O) groups is 1. The molecule has 1 aliphatic rings. The molecule has 144 valence electrons. The van der Waals surface area contributed by atoms with Crippen molar-refractivity contribution in [2.75, 3.05) is 0 Å². The third kappa shape index (κ3) is 3.42. The number of hydrogen-bond donors (Lipinski definition) is 0. The summed E-state index contributed by atoms with van der Waals surface area (Å²) in [6.07, 6.45) is 5.45. The summed E-state index contributed by atoms with van der Waals surface area (Å²) in [5.41, 5.74) is 4.04. The maximum Gasteiger partial charge on any atom is 0.168 e. The Bertz CT molecular complexity index is 1210. The van der Waals surface area contributed by atoms with E-state index in [9.17, 15) is 9.18 Å². The minimum atomic E-state index is -0.360. The molecule has 0 amide bonds. The summed E-state index contributed by atoms with van der Waals surface area (Å²) in [5, 5.41) is 9.39. The van der Waals surface area contributed by atoms with E-state index >= 15 is 0 Å². The predicted octanol–water partition coefficient (Wildman–Crippen LogP) is 4.39. The quantitative estimate of drug-likeness (QED) is 0.488. The smallest absolute Gasteiger partial charge is 0.168 e. The molecule has 6 heteroatoms. The topological polar surface area (TPSA) is 60.7 Å². The molecule has 0 spiro atoms. The molecule has 3 heterocycles. The van der Waals surface area contributed by atoms with Crippen molar-refractivity contribution in [1.82, 2.24) is 19.7 Å². The van der Waals surface area contributed by atoms with Crippen molar-refractivity contribution in [3.8, 4) is 11.3 Å². The number of imidazole rings is 1. The molecule has 5 rings (SSSR count). The van der Waals surface area contributed by atoms with Crippen molar-refractivity contribution in [2.24, 2.45) is 0 Å². The molecular weight excluding hydrogens is 367 g/mol. The highest BCUT2D eigenvalue weighted by Gasteiger charge is 2.16. The summed E-state index contributed by atoms with van der Waals surface area (Å²) in [5.74, 6) is 0.672. The van der Waals surface area contributed by atoms with E-state index in [1.165, 1.54) is 37.1 Å². The number of rotatable bonds is 4. The van der Waals surface area contributed by atoms with Crippen LogP contribution < -0.4 is 0 Å². The molecular formula is C23H19FN4O. The van der Waals surface area contributed by atoms with Crippen LogP contribution in [0.1, 0.15) is 34.7 Å². The van der Waals surface area contributed by atoms with Gasteiger partial charge in [0.2, 0.25) is 0 Å². The number of aromatic nitrogens is 4. The molecule has 0 saturated carbocycles. The number of hydrogen-bond acceptors (Lipinski definition) is 4. The van der Waals surface area contributed by atoms with Crippen molar-refractivity contribution in [2.45, 2.75) is 32.2 Å². The van der Waals surface area contributed by atoms with Gasteiger partial charge in [-0.2, -0.15) is 10.2 Å². The summed E-state index contributed by atoms with van der Waals surface area (Å²) in [6, 6.07) is 13.5. The first-order valence-corrected chi connectivity index (χ1v) is 9.77. The lowest BCUT2D eigenvalue weighted by molar-refractivity contribution is 0.0991. The van der Waals surface area contributed by atoms with Crippen molar-refractivity contribution in [1.29, 1.82) is 0 Å². The summed E-state index contributed by atoms with van der Waals surface area (Å²) in [7, 11) is 0. The van der Waals surface area contributed by atoms with Crippen LogP contribution >= 0.6 is 0 Å². The summed E-state index contributed by atoms with van der Waals surface area (Å²) < 4.78 is 15.4. The van der Waals surface area contributed by atoms with Crippen LogP contribution in [0.5, 0.6) is 0 Å². The van der Waals surface area contributed by atoms with Gasteiger partial charge in [0.1, 0.15) is 11.6 Å². The zero-order valence-electron chi connectivity index (χ0n) is 15.8. The van der Waals surface area contributed by atoms with Crippen LogP contribution in [-0.2, 0) is 19.4 Å². The molecule has 0 saturated heterocycles. The lowest BCUT2D eigenvalue weighted by Crippen LogP contribution is -2.11. The van der Waals surface area contributed by atoms with Crippen LogP contribution in [0.25, 0.3) is 22.2 Å². The molecule has 0 aliphatic carbocycles. The minimum absolute atomic E-state index is 0.111. The third-order valence-electron chi connectivity index (χ3n) is 5.41. The Hall–Kier alpha value is -3.41. The Morgan fingerprint density at radius 3 is 2.76 bits per heavy atom. The lowest BCUT2D eigenvalue weighted by Gasteiger charge is -2.16. The van der Waals surface area contributed by atoms with Crippen LogP contribution in [0.15, 0.2) is 54.7 Å². The van der Waals surface area contributed by atoms with Gasteiger partial charge in [0, 0.05) is 29.5 Å². The van der Waals surface area contributed by atoms with Crippen molar-refractivity contribution in [3.05, 3.63) is 77.6 Å². The summed E-state index contributed by atoms with van der Waals surface area (Å²) in [4.78, 5) is 17.0. The summed E-state index contributed by atoms with van der Waals surface area (Å²) >= 11 is 0. The van der Waals surface area contributed by atoms with Crippen LogP contribution in [-0.4, -0.2) is 25.5 Å². The predicted molar refractivity (Wildman–Crippen MR) is 108 cm³/mol. The second-order valence-corrected chi connectivity index (χ2v) is 7.38. The van der Waals surface area contributed by atoms with E-state index in [1.807, 2.05) is 24.4 Å². The van der Waals surface area contributed by atoms with Crippen LogP contribution in [0.3, 0.4) is 0 Å². The Kier molecular flexibility index (Phi) is 4.39. The zero-order valence-corrected chi connectivity index (χ0v) is 15.8. The van der Waals surface area contributed by atoms with Gasteiger partial charge in [-0.1, -0.05) is 6.07 Å². The van der Waals surface area contributed by atoms with Crippen LogP contribution in [0.2, 0.25) is 0 Å². The first kappa shape index (κ1) is 17.7. The maximum absolute atomic E-state index is 13.1. The molecule has 29 heavy (non-hydrogen) atoms. The Labute approximate surface area is 167 Å². The lowest BCUT2D eigenvalue weighted by atomic mass is 10.0. The van der Waals surface area contributed by atoms with Gasteiger partial charge >= 0.3 is 0 Å². The standard InChI is InChI=1S/C23H19FN4O/c24-18-7-4-15(5-8-18)22(29)13-19-12-17-11-16(6-9-20(17)27-26-19)21-14-25-23-3-1-2-10-28(21)23/h4-9,11-12,14H,1-3,10,13H2. The molecule has 2 aromatic carbocycles. The molecule has 5 nitrogen and oxygen atoms in total. The first-order chi connectivity index (χ1) is 14.2. The number of benzene rings is 2. The van der Waals surface area contributed by atoms with E-state index in [4.69, 9.17) is 0 Å². The molecule has 2 aromatic heterocycles. The first-order valence-electron chi connectivity index (χ1n) is 9.77. The number of nitrogens with zero attached hydrogens (tertiary/aromatic N) is 4. The van der Waals surface area contributed by atoms with Gasteiger partial charge in [-0.3, -0.25) is 4.79 Å². The van der Waals surface area contributed by atoms with Crippen LogP contribution in [0.4, 0.5) is 4.39 Å². The SMILES string of the molecule is O=C(Cc1cc2cc(-c3cnc4n3CCCC4)ccc2nn1)c1ccc(F)cc1. The maximum atomic E-state index is 13.1. The molecule has 0 bridgehead atoms. The second kappa shape index (κ2) is 7.20. The Morgan fingerprint density at radius 1 is 1.03 bits per heavy atom. The number of Topliss-reactive ketones (excluding diaryl/α,β-unsaturated/α-hetero) is 1. The highest BCUT2D eigenvalue weighted by molar-refractivity contribution is 5.97. The van der Waals surface area contributed by atoms with Gasteiger partial charge in [-0.25, -0.2) is 9.37 Å².